The van der Waals surface area contributed by atoms with E-state index >= 15 is 0 Å². The van der Waals surface area contributed by atoms with Crippen LogP contribution in [0.2, 0.25) is 0 Å². The third-order valence-corrected chi connectivity index (χ3v) is 4.38. The molecule has 8 nitrogen and oxygen atoms in total. The molecule has 2 aromatic rings. The summed E-state index contributed by atoms with van der Waals surface area (Å²) in [6.07, 6.45) is 2.77. The van der Waals surface area contributed by atoms with Crippen molar-refractivity contribution in [1.82, 2.24) is 14.9 Å². The van der Waals surface area contributed by atoms with E-state index in [4.69, 9.17) is 15.2 Å². The van der Waals surface area contributed by atoms with Crippen molar-refractivity contribution in [3.8, 4) is 11.5 Å². The Morgan fingerprint density at radius 1 is 1.52 bits per heavy atom. The average molecular weight is 340 g/mol. The molecule has 9 heteroatoms. The van der Waals surface area contributed by atoms with Gasteiger partial charge in [0.25, 0.3) is 0 Å². The van der Waals surface area contributed by atoms with Crippen LogP contribution in [0.1, 0.15) is 13.3 Å². The molecule has 0 saturated heterocycles. The lowest BCUT2D eigenvalue weighted by Crippen LogP contribution is -2.51. The quantitative estimate of drug-likeness (QED) is 0.723. The van der Waals surface area contributed by atoms with E-state index in [1.165, 1.54) is 0 Å². The first-order chi connectivity index (χ1) is 10.8. The van der Waals surface area contributed by atoms with Crippen molar-refractivity contribution in [3.63, 3.8) is 0 Å². The van der Waals surface area contributed by atoms with Gasteiger partial charge in [0, 0.05) is 11.4 Å². The predicted octanol–water partition coefficient (Wildman–Crippen LogP) is 0.358. The highest BCUT2D eigenvalue weighted by Crippen LogP contribution is 2.38. The second-order valence-corrected chi connectivity index (χ2v) is 7.68. The maximum atomic E-state index is 11.6. The molecule has 0 amide bonds. The van der Waals surface area contributed by atoms with Gasteiger partial charge >= 0.3 is 0 Å². The Labute approximate surface area is 134 Å². The molecule has 23 heavy (non-hydrogen) atoms. The zero-order valence-electron chi connectivity index (χ0n) is 12.9. The maximum absolute atomic E-state index is 11.6. The number of nitrogens with zero attached hydrogens (tertiary/aromatic N) is 1. The second-order valence-electron chi connectivity index (χ2n) is 5.90. The standard InChI is InChI=1S/C14H20N4O4S/c1-8(15)5-10(18-23(2,19)20)12-7-21-11-4-3-9-6-16-17-13(9)14(11)22-12/h3-4,6,8,10,12,18H,5,7,15H2,1-2H3,(H,16,17)/t8?,10?,12-/m1/s1. The van der Waals surface area contributed by atoms with Gasteiger partial charge in [-0.2, -0.15) is 5.10 Å². The molecule has 0 spiro atoms. The lowest BCUT2D eigenvalue weighted by molar-refractivity contribution is 0.0660. The van der Waals surface area contributed by atoms with Gasteiger partial charge in [0.2, 0.25) is 10.0 Å². The first-order valence-electron chi connectivity index (χ1n) is 7.32. The Balaban J connectivity index is 1.89. The summed E-state index contributed by atoms with van der Waals surface area (Å²) in [7, 11) is -3.39. The topological polar surface area (TPSA) is 119 Å². The Hall–Kier alpha value is -1.84. The molecular formula is C14H20N4O4S. The molecule has 0 bridgehead atoms. The van der Waals surface area contributed by atoms with E-state index in [9.17, 15) is 8.42 Å². The van der Waals surface area contributed by atoms with Crippen molar-refractivity contribution in [3.05, 3.63) is 18.3 Å². The van der Waals surface area contributed by atoms with Gasteiger partial charge in [-0.15, -0.1) is 0 Å². The van der Waals surface area contributed by atoms with Gasteiger partial charge in [-0.05, 0) is 25.5 Å². The van der Waals surface area contributed by atoms with Crippen LogP contribution in [0.15, 0.2) is 18.3 Å². The summed E-state index contributed by atoms with van der Waals surface area (Å²) >= 11 is 0. The van der Waals surface area contributed by atoms with E-state index in [0.717, 1.165) is 17.2 Å². The van der Waals surface area contributed by atoms with E-state index in [1.807, 2.05) is 19.1 Å². The van der Waals surface area contributed by atoms with E-state index in [0.29, 0.717) is 17.9 Å². The van der Waals surface area contributed by atoms with Crippen molar-refractivity contribution in [2.24, 2.45) is 5.73 Å². The fourth-order valence-corrected chi connectivity index (χ4v) is 3.50. The highest BCUT2D eigenvalue weighted by molar-refractivity contribution is 7.88. The van der Waals surface area contributed by atoms with Gasteiger partial charge < -0.3 is 15.2 Å². The Bertz CT molecular complexity index is 802. The molecule has 1 aliphatic rings. The summed E-state index contributed by atoms with van der Waals surface area (Å²) < 4.78 is 37.6. The summed E-state index contributed by atoms with van der Waals surface area (Å²) in [5, 5.41) is 7.77. The molecule has 126 valence electrons. The van der Waals surface area contributed by atoms with Gasteiger partial charge in [0.15, 0.2) is 11.5 Å². The second kappa shape index (κ2) is 5.99. The highest BCUT2D eigenvalue weighted by atomic mass is 32.2. The molecule has 3 atom stereocenters. The van der Waals surface area contributed by atoms with Crippen LogP contribution in [0, 0.1) is 0 Å². The number of nitrogens with two attached hydrogens (primary N) is 1. The highest BCUT2D eigenvalue weighted by Gasteiger charge is 2.32. The smallest absolute Gasteiger partial charge is 0.209 e. The number of fused-ring (bicyclic) bond motifs is 3. The van der Waals surface area contributed by atoms with Crippen LogP contribution in [0.4, 0.5) is 0 Å². The lowest BCUT2D eigenvalue weighted by atomic mass is 10.0. The fourth-order valence-electron chi connectivity index (χ4n) is 2.71. The zero-order chi connectivity index (χ0) is 16.6. The molecule has 1 aromatic heterocycles. The van der Waals surface area contributed by atoms with E-state index in [2.05, 4.69) is 14.9 Å². The molecule has 3 rings (SSSR count). The molecule has 0 aliphatic carbocycles. The van der Waals surface area contributed by atoms with E-state index in [1.54, 1.807) is 6.20 Å². The number of hydrogen-bond donors (Lipinski definition) is 3. The van der Waals surface area contributed by atoms with Crippen molar-refractivity contribution >= 4 is 20.9 Å². The first-order valence-corrected chi connectivity index (χ1v) is 9.21. The number of rotatable bonds is 5. The van der Waals surface area contributed by atoms with E-state index in [-0.39, 0.29) is 12.6 Å². The summed E-state index contributed by atoms with van der Waals surface area (Å²) in [6, 6.07) is 3.04. The molecule has 0 saturated carbocycles. The SMILES string of the molecule is CC(N)CC(NS(C)(=O)=O)[C@H]1COc2ccc3cn[nH]c3c2O1. The van der Waals surface area contributed by atoms with Gasteiger partial charge in [0.1, 0.15) is 18.2 Å². The zero-order valence-corrected chi connectivity index (χ0v) is 13.8. The van der Waals surface area contributed by atoms with Gasteiger partial charge in [-0.1, -0.05) is 0 Å². The van der Waals surface area contributed by atoms with Crippen molar-refractivity contribution in [2.45, 2.75) is 31.5 Å². The Morgan fingerprint density at radius 2 is 2.30 bits per heavy atom. The number of ether oxygens (including phenoxy) is 2. The number of sulfonamides is 1. The minimum atomic E-state index is -3.39. The van der Waals surface area contributed by atoms with Crippen LogP contribution in [0.5, 0.6) is 11.5 Å². The van der Waals surface area contributed by atoms with Crippen LogP contribution < -0.4 is 19.9 Å². The minimum absolute atomic E-state index is 0.179. The van der Waals surface area contributed by atoms with E-state index < -0.39 is 22.2 Å². The van der Waals surface area contributed by atoms with Crippen molar-refractivity contribution < 1.29 is 17.9 Å². The maximum Gasteiger partial charge on any atom is 0.209 e. The van der Waals surface area contributed by atoms with Crippen molar-refractivity contribution in [1.29, 1.82) is 0 Å². The normalized spacial score (nSPS) is 20.4. The first kappa shape index (κ1) is 16.0. The molecule has 4 N–H and O–H groups in total. The molecule has 2 unspecified atom stereocenters. The van der Waals surface area contributed by atoms with Gasteiger partial charge in [-0.3, -0.25) is 5.10 Å². The van der Waals surface area contributed by atoms with Gasteiger partial charge in [-0.25, -0.2) is 13.1 Å². The molecule has 1 aromatic carbocycles. The minimum Gasteiger partial charge on any atom is -0.486 e. The van der Waals surface area contributed by atoms with Crippen LogP contribution in [0.25, 0.3) is 10.9 Å². The van der Waals surface area contributed by atoms with Crippen LogP contribution in [-0.4, -0.2) is 49.7 Å². The summed E-state index contributed by atoms with van der Waals surface area (Å²) in [4.78, 5) is 0. The number of benzene rings is 1. The number of aromatic nitrogens is 2. The third-order valence-electron chi connectivity index (χ3n) is 3.65. The van der Waals surface area contributed by atoms with Crippen LogP contribution >= 0.6 is 0 Å². The third kappa shape index (κ3) is 3.57. The fraction of sp³-hybridized carbons (Fsp3) is 0.500. The lowest BCUT2D eigenvalue weighted by Gasteiger charge is -2.33. The number of nitrogens with one attached hydrogen (secondary N) is 2. The summed E-state index contributed by atoms with van der Waals surface area (Å²) in [5.74, 6) is 1.15. The van der Waals surface area contributed by atoms with Crippen molar-refractivity contribution in [2.75, 3.05) is 12.9 Å². The van der Waals surface area contributed by atoms with Crippen LogP contribution in [0.3, 0.4) is 0 Å². The molecule has 2 heterocycles. The number of H-pyrrole nitrogens is 1. The summed E-state index contributed by atoms with van der Waals surface area (Å²) in [5.41, 5.74) is 6.57. The molecule has 1 aliphatic heterocycles. The Morgan fingerprint density at radius 3 is 3.00 bits per heavy atom. The monoisotopic (exact) mass is 340 g/mol. The largest absolute Gasteiger partial charge is 0.486 e. The number of hydrogen-bond acceptors (Lipinski definition) is 6. The summed E-state index contributed by atoms with van der Waals surface area (Å²) in [6.45, 7) is 2.06. The van der Waals surface area contributed by atoms with Gasteiger partial charge in [0.05, 0.1) is 18.5 Å². The average Bonchev–Trinajstić information content (AvgIpc) is 2.93. The molecular weight excluding hydrogens is 320 g/mol. The molecule has 0 fully saturated rings. The number of aromatic amines is 1. The predicted molar refractivity (Wildman–Crippen MR) is 86.0 cm³/mol. The Kier molecular flexibility index (Phi) is 4.17. The molecule has 0 radical (unpaired) electrons. The van der Waals surface area contributed by atoms with Crippen LogP contribution in [-0.2, 0) is 10.0 Å².